The Morgan fingerprint density at radius 3 is 2.79 bits per heavy atom. The third-order valence-electron chi connectivity index (χ3n) is 6.58. The molecule has 3 atom stereocenters. The molecule has 0 unspecified atom stereocenters. The number of benzene rings is 1. The monoisotopic (exact) mass is 445 g/mol. The largest absolute Gasteiger partial charge is 0.497 e. The summed E-state index contributed by atoms with van der Waals surface area (Å²) in [6.07, 6.45) is 7.19. The fourth-order valence-corrected chi connectivity index (χ4v) is 4.67. The quantitative estimate of drug-likeness (QED) is 0.543. The molecule has 1 saturated heterocycles. The number of rotatable bonds is 7. The van der Waals surface area contributed by atoms with Gasteiger partial charge in [-0.25, -0.2) is 0 Å². The van der Waals surface area contributed by atoms with Gasteiger partial charge in [0.05, 0.1) is 25.3 Å². The van der Waals surface area contributed by atoms with Crippen molar-refractivity contribution in [2.24, 2.45) is 11.8 Å². The van der Waals surface area contributed by atoms with Gasteiger partial charge in [-0.2, -0.15) is 0 Å². The molecule has 6 heteroatoms. The molecule has 6 nitrogen and oxygen atoms in total. The summed E-state index contributed by atoms with van der Waals surface area (Å²) in [5.74, 6) is 7.75. The molecule has 2 N–H and O–H groups in total. The number of methoxy groups -OCH3 is 1. The van der Waals surface area contributed by atoms with Gasteiger partial charge >= 0.3 is 0 Å². The molecule has 0 radical (unpaired) electrons. The molecule has 1 aliphatic rings. The number of aliphatic hydroxyl groups excluding tert-OH is 2. The fourth-order valence-electron chi connectivity index (χ4n) is 4.67. The summed E-state index contributed by atoms with van der Waals surface area (Å²) >= 11 is 0. The van der Waals surface area contributed by atoms with E-state index >= 15 is 0 Å². The van der Waals surface area contributed by atoms with E-state index in [4.69, 9.17) is 4.74 Å². The van der Waals surface area contributed by atoms with Crippen molar-refractivity contribution in [1.82, 2.24) is 14.9 Å². The van der Waals surface area contributed by atoms with Gasteiger partial charge in [-0.1, -0.05) is 11.8 Å². The molecule has 3 heterocycles. The molecule has 33 heavy (non-hydrogen) atoms. The topological polar surface area (TPSA) is 78.7 Å². The Morgan fingerprint density at radius 2 is 2.00 bits per heavy atom. The van der Waals surface area contributed by atoms with Gasteiger partial charge in [-0.15, -0.1) is 0 Å². The highest BCUT2D eigenvalue weighted by atomic mass is 16.5. The maximum absolute atomic E-state index is 11.0. The van der Waals surface area contributed by atoms with Crippen molar-refractivity contribution in [3.63, 3.8) is 0 Å². The standard InChI is InChI=1S/C27H31N3O3/c1-33-23-5-6-26-25(17-23)24(10-14-29-26)27(32)7-4-21-11-16-30(18-22(21)19-31)15-2-3-20-8-12-28-13-9-20/h5-6,8-10,12-14,17,21-22,27,31-32H,4,7,11,15-16,18-19H2,1H3/t21-,22-,27-/m1/s1. The van der Waals surface area contributed by atoms with Gasteiger partial charge in [0.25, 0.3) is 0 Å². The molecule has 1 fully saturated rings. The van der Waals surface area contributed by atoms with E-state index < -0.39 is 6.10 Å². The van der Waals surface area contributed by atoms with E-state index in [0.717, 1.165) is 53.7 Å². The maximum Gasteiger partial charge on any atom is 0.119 e. The number of ether oxygens (including phenoxy) is 1. The number of pyridine rings is 2. The minimum Gasteiger partial charge on any atom is -0.497 e. The molecular formula is C27H31N3O3. The zero-order chi connectivity index (χ0) is 23.0. The van der Waals surface area contributed by atoms with Gasteiger partial charge in [-0.05, 0) is 79.6 Å². The lowest BCUT2D eigenvalue weighted by molar-refractivity contribution is 0.0640. The minimum absolute atomic E-state index is 0.157. The Balaban J connectivity index is 1.34. The molecule has 2 aromatic heterocycles. The van der Waals surface area contributed by atoms with Crippen molar-refractivity contribution in [3.05, 3.63) is 66.1 Å². The van der Waals surface area contributed by atoms with Crippen LogP contribution in [0.2, 0.25) is 0 Å². The van der Waals surface area contributed by atoms with E-state index in [2.05, 4.69) is 26.7 Å². The van der Waals surface area contributed by atoms with Gasteiger partial charge in [0.15, 0.2) is 0 Å². The lowest BCUT2D eigenvalue weighted by atomic mass is 9.81. The second-order valence-corrected chi connectivity index (χ2v) is 8.64. The van der Waals surface area contributed by atoms with Crippen LogP contribution in [0.1, 0.15) is 36.5 Å². The predicted octanol–water partition coefficient (Wildman–Crippen LogP) is 3.43. The summed E-state index contributed by atoms with van der Waals surface area (Å²) < 4.78 is 5.35. The molecule has 172 valence electrons. The van der Waals surface area contributed by atoms with Gasteiger partial charge in [0.1, 0.15) is 5.75 Å². The van der Waals surface area contributed by atoms with Crippen molar-refractivity contribution in [2.45, 2.75) is 25.4 Å². The first-order valence-electron chi connectivity index (χ1n) is 11.5. The Morgan fingerprint density at radius 1 is 1.15 bits per heavy atom. The number of hydrogen-bond acceptors (Lipinski definition) is 6. The van der Waals surface area contributed by atoms with Gasteiger partial charge < -0.3 is 14.9 Å². The first kappa shape index (κ1) is 23.2. The zero-order valence-electron chi connectivity index (χ0n) is 19.0. The zero-order valence-corrected chi connectivity index (χ0v) is 19.0. The van der Waals surface area contributed by atoms with E-state index in [1.807, 2.05) is 36.4 Å². The van der Waals surface area contributed by atoms with Crippen molar-refractivity contribution < 1.29 is 14.9 Å². The number of piperidine rings is 1. The van der Waals surface area contributed by atoms with Gasteiger partial charge in [-0.3, -0.25) is 14.9 Å². The summed E-state index contributed by atoms with van der Waals surface area (Å²) in [4.78, 5) is 10.7. The molecule has 0 aliphatic carbocycles. The number of aromatic nitrogens is 2. The average Bonchev–Trinajstić information content (AvgIpc) is 2.87. The molecule has 1 aromatic carbocycles. The normalized spacial score (nSPS) is 19.6. The van der Waals surface area contributed by atoms with Crippen LogP contribution in [0.4, 0.5) is 0 Å². The van der Waals surface area contributed by atoms with Crippen LogP contribution in [0.3, 0.4) is 0 Å². The highest BCUT2D eigenvalue weighted by molar-refractivity contribution is 5.83. The van der Waals surface area contributed by atoms with Crippen LogP contribution in [-0.4, -0.2) is 58.4 Å². The molecule has 4 rings (SSSR count). The van der Waals surface area contributed by atoms with E-state index in [1.165, 1.54) is 0 Å². The second-order valence-electron chi connectivity index (χ2n) is 8.64. The summed E-state index contributed by atoms with van der Waals surface area (Å²) in [5, 5.41) is 21.9. The molecule has 1 aliphatic heterocycles. The van der Waals surface area contributed by atoms with Crippen molar-refractivity contribution in [1.29, 1.82) is 0 Å². The number of aliphatic hydroxyl groups is 2. The third kappa shape index (κ3) is 5.88. The first-order chi connectivity index (χ1) is 16.2. The number of fused-ring (bicyclic) bond motifs is 1. The number of nitrogens with zero attached hydrogens (tertiary/aromatic N) is 3. The van der Waals surface area contributed by atoms with Crippen molar-refractivity contribution in [2.75, 3.05) is 33.4 Å². The highest BCUT2D eigenvalue weighted by Crippen LogP contribution is 2.33. The Kier molecular flexibility index (Phi) is 7.90. The Bertz CT molecular complexity index is 1110. The summed E-state index contributed by atoms with van der Waals surface area (Å²) in [7, 11) is 1.64. The maximum atomic E-state index is 11.0. The van der Waals surface area contributed by atoms with Gasteiger partial charge in [0, 0.05) is 42.7 Å². The Hall–Kier alpha value is -2.98. The molecular weight excluding hydrogens is 414 g/mol. The van der Waals surface area contributed by atoms with Crippen LogP contribution in [0.15, 0.2) is 55.0 Å². The molecule has 0 amide bonds. The van der Waals surface area contributed by atoms with Crippen LogP contribution in [0.25, 0.3) is 10.9 Å². The molecule has 0 saturated carbocycles. The minimum atomic E-state index is -0.578. The van der Waals surface area contributed by atoms with E-state index in [0.29, 0.717) is 18.9 Å². The summed E-state index contributed by atoms with van der Waals surface area (Å²) in [6, 6.07) is 11.4. The van der Waals surface area contributed by atoms with Crippen molar-refractivity contribution in [3.8, 4) is 17.6 Å². The SMILES string of the molecule is COc1ccc2nccc([C@H](O)CC[C@@H]3CCN(CC#Cc4ccncc4)C[C@@H]3CO)c2c1. The van der Waals surface area contributed by atoms with Gasteiger partial charge in [0.2, 0.25) is 0 Å². The summed E-state index contributed by atoms with van der Waals surface area (Å²) in [5.41, 5.74) is 2.69. The first-order valence-corrected chi connectivity index (χ1v) is 11.5. The lowest BCUT2D eigenvalue weighted by Gasteiger charge is -2.37. The van der Waals surface area contributed by atoms with E-state index in [1.54, 1.807) is 25.7 Å². The van der Waals surface area contributed by atoms with Crippen molar-refractivity contribution >= 4 is 10.9 Å². The van der Waals surface area contributed by atoms with E-state index in [-0.39, 0.29) is 12.5 Å². The summed E-state index contributed by atoms with van der Waals surface area (Å²) in [6.45, 7) is 2.64. The third-order valence-corrected chi connectivity index (χ3v) is 6.58. The van der Waals surface area contributed by atoms with E-state index in [9.17, 15) is 10.2 Å². The fraction of sp³-hybridized carbons (Fsp3) is 0.407. The molecule has 3 aromatic rings. The highest BCUT2D eigenvalue weighted by Gasteiger charge is 2.29. The lowest BCUT2D eigenvalue weighted by Crippen LogP contribution is -2.42. The second kappa shape index (κ2) is 11.2. The average molecular weight is 446 g/mol. The van der Waals surface area contributed by atoms with Crippen LogP contribution >= 0.6 is 0 Å². The van der Waals surface area contributed by atoms with Crippen LogP contribution in [0.5, 0.6) is 5.75 Å². The number of likely N-dealkylation sites (tertiary alicyclic amines) is 1. The van der Waals surface area contributed by atoms with Crippen LogP contribution in [-0.2, 0) is 0 Å². The number of hydrogen-bond donors (Lipinski definition) is 2. The molecule has 0 spiro atoms. The smallest absolute Gasteiger partial charge is 0.119 e. The van der Waals surface area contributed by atoms with Crippen LogP contribution in [0, 0.1) is 23.7 Å². The predicted molar refractivity (Wildman–Crippen MR) is 129 cm³/mol. The Labute approximate surface area is 195 Å². The molecule has 0 bridgehead atoms. The van der Waals surface area contributed by atoms with Crippen LogP contribution < -0.4 is 4.74 Å².